The first-order valence-electron chi connectivity index (χ1n) is 6.15. The van der Waals surface area contributed by atoms with E-state index in [-0.39, 0.29) is 0 Å². The van der Waals surface area contributed by atoms with E-state index < -0.39 is 0 Å². The molecule has 1 aromatic carbocycles. The van der Waals surface area contributed by atoms with E-state index in [2.05, 4.69) is 23.2 Å². The fourth-order valence-corrected chi connectivity index (χ4v) is 1.72. The van der Waals surface area contributed by atoms with Gasteiger partial charge >= 0.3 is 0 Å². The number of rotatable bonds is 4. The Kier molecular flexibility index (Phi) is 4.02. The molecule has 0 spiro atoms. The van der Waals surface area contributed by atoms with Gasteiger partial charge in [-0.3, -0.25) is 10.3 Å². The van der Waals surface area contributed by atoms with E-state index in [4.69, 9.17) is 4.74 Å². The second-order valence-electron chi connectivity index (χ2n) is 4.80. The normalized spacial score (nSPS) is 14.3. The maximum Gasteiger partial charge on any atom is 0.141 e. The number of hydrogen-bond acceptors (Lipinski definition) is 4. The van der Waals surface area contributed by atoms with Crippen LogP contribution in [0, 0.1) is 6.92 Å². The fourth-order valence-electron chi connectivity index (χ4n) is 1.72. The molecule has 19 heavy (non-hydrogen) atoms. The van der Waals surface area contributed by atoms with Crippen LogP contribution in [0.5, 0.6) is 5.75 Å². The van der Waals surface area contributed by atoms with Gasteiger partial charge in [0, 0.05) is 11.3 Å². The highest BCUT2D eigenvalue weighted by molar-refractivity contribution is 6.09. The third-order valence-corrected chi connectivity index (χ3v) is 2.71. The third-order valence-electron chi connectivity index (χ3n) is 2.71. The smallest absolute Gasteiger partial charge is 0.141 e. The predicted molar refractivity (Wildman–Crippen MR) is 78.3 cm³/mol. The molecule has 0 saturated carbocycles. The largest absolute Gasteiger partial charge is 0.478 e. The molecule has 1 aromatic rings. The van der Waals surface area contributed by atoms with Crippen molar-refractivity contribution in [2.45, 2.75) is 6.92 Å². The quantitative estimate of drug-likeness (QED) is 0.841. The molecule has 1 heterocycles. The Balaban J connectivity index is 2.15. The summed E-state index contributed by atoms with van der Waals surface area (Å²) in [5, 5.41) is 4.26. The Morgan fingerprint density at radius 3 is 2.68 bits per heavy atom. The predicted octanol–water partition coefficient (Wildman–Crippen LogP) is 2.27. The lowest BCUT2D eigenvalue weighted by molar-refractivity contribution is 0.178. The van der Waals surface area contributed by atoms with E-state index >= 15 is 0 Å². The van der Waals surface area contributed by atoms with Crippen LogP contribution in [0.2, 0.25) is 0 Å². The van der Waals surface area contributed by atoms with Gasteiger partial charge in [0.05, 0.1) is 5.71 Å². The minimum atomic E-state index is 0.572. The van der Waals surface area contributed by atoms with Crippen LogP contribution in [0.15, 0.2) is 47.7 Å². The van der Waals surface area contributed by atoms with Crippen molar-refractivity contribution in [1.29, 1.82) is 0 Å². The van der Waals surface area contributed by atoms with Crippen LogP contribution in [0.25, 0.3) is 0 Å². The molecule has 0 saturated heterocycles. The summed E-state index contributed by atoms with van der Waals surface area (Å²) in [5.74, 6) is 0.898. The van der Waals surface area contributed by atoms with Crippen LogP contribution in [-0.2, 0) is 0 Å². The van der Waals surface area contributed by atoms with E-state index in [1.165, 1.54) is 0 Å². The van der Waals surface area contributed by atoms with E-state index in [1.807, 2.05) is 50.2 Å². The van der Waals surface area contributed by atoms with Gasteiger partial charge in [0.2, 0.25) is 0 Å². The molecule has 1 aliphatic heterocycles. The van der Waals surface area contributed by atoms with Crippen molar-refractivity contribution < 1.29 is 4.74 Å². The number of nitrogens with zero attached hydrogens (tertiary/aromatic N) is 2. The minimum Gasteiger partial charge on any atom is -0.478 e. The molecule has 0 aliphatic carbocycles. The SMILES string of the molecule is C=C1C=CC(c2ccc(OCN(C)C)c(C)c2)=NN1. The second-order valence-corrected chi connectivity index (χ2v) is 4.80. The number of ether oxygens (including phenoxy) is 1. The summed E-state index contributed by atoms with van der Waals surface area (Å²) in [6, 6.07) is 6.06. The van der Waals surface area contributed by atoms with Crippen LogP contribution in [-0.4, -0.2) is 31.4 Å². The number of hydrazone groups is 1. The molecule has 0 unspecified atom stereocenters. The summed E-state index contributed by atoms with van der Waals surface area (Å²) in [7, 11) is 3.95. The molecular formula is C15H19N3O. The van der Waals surface area contributed by atoms with Crippen LogP contribution < -0.4 is 10.2 Å². The van der Waals surface area contributed by atoms with Gasteiger partial charge < -0.3 is 4.74 Å². The minimum absolute atomic E-state index is 0.572. The standard InChI is InChI=1S/C15H19N3O/c1-11-9-13(14-7-5-12(2)16-17-14)6-8-15(11)19-10-18(3)4/h5-9,16H,2,10H2,1,3-4H3. The molecular weight excluding hydrogens is 238 g/mol. The maximum atomic E-state index is 5.70. The maximum absolute atomic E-state index is 5.70. The molecule has 0 aromatic heterocycles. The Bertz CT molecular complexity index is 544. The molecule has 1 N–H and O–H groups in total. The summed E-state index contributed by atoms with van der Waals surface area (Å²) in [6.45, 7) is 6.39. The summed E-state index contributed by atoms with van der Waals surface area (Å²) in [4.78, 5) is 1.98. The lowest BCUT2D eigenvalue weighted by atomic mass is 10.1. The number of allylic oxidation sites excluding steroid dienone is 2. The van der Waals surface area contributed by atoms with E-state index in [0.717, 1.165) is 28.3 Å². The highest BCUT2D eigenvalue weighted by atomic mass is 16.5. The highest BCUT2D eigenvalue weighted by Gasteiger charge is 2.07. The number of hydrogen-bond donors (Lipinski definition) is 1. The van der Waals surface area contributed by atoms with Crippen molar-refractivity contribution in [1.82, 2.24) is 10.3 Å². The van der Waals surface area contributed by atoms with Gasteiger partial charge in [0.15, 0.2) is 0 Å². The van der Waals surface area contributed by atoms with Crippen LogP contribution in [0.3, 0.4) is 0 Å². The van der Waals surface area contributed by atoms with Gasteiger partial charge in [-0.1, -0.05) is 6.58 Å². The molecule has 0 amide bonds. The van der Waals surface area contributed by atoms with E-state index in [0.29, 0.717) is 6.73 Å². The molecule has 1 aliphatic rings. The van der Waals surface area contributed by atoms with Crippen LogP contribution >= 0.6 is 0 Å². The molecule has 100 valence electrons. The zero-order valence-electron chi connectivity index (χ0n) is 11.6. The molecule has 0 bridgehead atoms. The van der Waals surface area contributed by atoms with Crippen LogP contribution in [0.1, 0.15) is 11.1 Å². The Hall–Kier alpha value is -2.07. The first kappa shape index (κ1) is 13.4. The van der Waals surface area contributed by atoms with Crippen molar-refractivity contribution >= 4 is 5.71 Å². The molecule has 0 fully saturated rings. The Morgan fingerprint density at radius 1 is 1.32 bits per heavy atom. The van der Waals surface area contributed by atoms with Gasteiger partial charge in [0.1, 0.15) is 12.5 Å². The average molecular weight is 257 g/mol. The van der Waals surface area contributed by atoms with Gasteiger partial charge in [-0.2, -0.15) is 5.10 Å². The third kappa shape index (κ3) is 3.45. The highest BCUT2D eigenvalue weighted by Crippen LogP contribution is 2.20. The zero-order chi connectivity index (χ0) is 13.8. The van der Waals surface area contributed by atoms with Crippen LogP contribution in [0.4, 0.5) is 0 Å². The van der Waals surface area contributed by atoms with Gasteiger partial charge in [-0.25, -0.2) is 0 Å². The van der Waals surface area contributed by atoms with Gasteiger partial charge in [0.25, 0.3) is 0 Å². The number of aryl methyl sites for hydroxylation is 1. The zero-order valence-corrected chi connectivity index (χ0v) is 11.6. The number of nitrogens with one attached hydrogen (secondary N) is 1. The molecule has 2 rings (SSSR count). The van der Waals surface area contributed by atoms with Crippen molar-refractivity contribution in [3.8, 4) is 5.75 Å². The van der Waals surface area contributed by atoms with E-state index in [1.54, 1.807) is 0 Å². The van der Waals surface area contributed by atoms with Gasteiger partial charge in [-0.05, 0) is 56.9 Å². The second kappa shape index (κ2) is 5.71. The first-order valence-corrected chi connectivity index (χ1v) is 6.15. The first-order chi connectivity index (χ1) is 9.06. The Labute approximate surface area is 114 Å². The van der Waals surface area contributed by atoms with Crippen molar-refractivity contribution in [2.24, 2.45) is 5.10 Å². The number of benzene rings is 1. The summed E-state index contributed by atoms with van der Waals surface area (Å²) in [5.41, 5.74) is 6.73. The topological polar surface area (TPSA) is 36.9 Å². The molecule has 0 radical (unpaired) electrons. The average Bonchev–Trinajstić information content (AvgIpc) is 2.38. The Morgan fingerprint density at radius 2 is 2.11 bits per heavy atom. The molecule has 0 atom stereocenters. The van der Waals surface area contributed by atoms with E-state index in [9.17, 15) is 0 Å². The summed E-state index contributed by atoms with van der Waals surface area (Å²) in [6.07, 6.45) is 3.86. The monoisotopic (exact) mass is 257 g/mol. The molecule has 4 nitrogen and oxygen atoms in total. The summed E-state index contributed by atoms with van der Waals surface area (Å²) < 4.78 is 5.70. The molecule has 4 heteroatoms. The lowest BCUT2D eigenvalue weighted by Gasteiger charge is -2.15. The van der Waals surface area contributed by atoms with Crippen molar-refractivity contribution in [3.63, 3.8) is 0 Å². The van der Waals surface area contributed by atoms with Gasteiger partial charge in [-0.15, -0.1) is 0 Å². The van der Waals surface area contributed by atoms with Crippen molar-refractivity contribution in [3.05, 3.63) is 53.8 Å². The summed E-state index contributed by atoms with van der Waals surface area (Å²) >= 11 is 0. The fraction of sp³-hybridized carbons (Fsp3) is 0.267. The lowest BCUT2D eigenvalue weighted by Crippen LogP contribution is -2.18. The van der Waals surface area contributed by atoms with Crippen molar-refractivity contribution in [2.75, 3.05) is 20.8 Å².